The van der Waals surface area contributed by atoms with Crippen molar-refractivity contribution < 1.29 is 19.2 Å². The van der Waals surface area contributed by atoms with Gasteiger partial charge in [0.2, 0.25) is 0 Å². The van der Waals surface area contributed by atoms with E-state index in [1.54, 1.807) is 6.07 Å². The van der Waals surface area contributed by atoms with E-state index in [2.05, 4.69) is 9.72 Å². The van der Waals surface area contributed by atoms with Crippen LogP contribution < -0.4 is 4.90 Å². The Labute approximate surface area is 115 Å². The van der Waals surface area contributed by atoms with Crippen LogP contribution in [-0.2, 0) is 14.3 Å². The summed E-state index contributed by atoms with van der Waals surface area (Å²) in [6.07, 6.45) is 1.40. The van der Waals surface area contributed by atoms with Crippen molar-refractivity contribution in [3.8, 4) is 0 Å². The maximum absolute atomic E-state index is 11.2. The highest BCUT2D eigenvalue weighted by atomic mass is 16.6. The molecule has 2 heterocycles. The number of anilines is 1. The molecule has 0 N–H and O–H groups in total. The summed E-state index contributed by atoms with van der Waals surface area (Å²) in [6, 6.07) is 3.01. The van der Waals surface area contributed by atoms with Crippen LogP contribution in [0.4, 0.5) is 11.5 Å². The summed E-state index contributed by atoms with van der Waals surface area (Å²) in [7, 11) is 1.34. The smallest absolute Gasteiger partial charge is 0.363 e. The van der Waals surface area contributed by atoms with Crippen molar-refractivity contribution in [1.29, 1.82) is 0 Å². The lowest BCUT2D eigenvalue weighted by Crippen LogP contribution is -2.43. The standard InChI is InChI=1S/C12H15N3O5/c1-19-12(16)6-10-8-14(4-5-20-10)9-2-3-11(13-7-9)15(17)18/h2-3,7,10H,4-6,8H2,1H3. The van der Waals surface area contributed by atoms with Crippen LogP contribution in [0.3, 0.4) is 0 Å². The van der Waals surface area contributed by atoms with Gasteiger partial charge in [0, 0.05) is 19.2 Å². The molecule has 2 rings (SSSR count). The fraction of sp³-hybridized carbons (Fsp3) is 0.500. The first-order chi connectivity index (χ1) is 9.60. The van der Waals surface area contributed by atoms with E-state index in [1.807, 2.05) is 4.90 Å². The van der Waals surface area contributed by atoms with E-state index in [9.17, 15) is 14.9 Å². The number of pyridine rings is 1. The molecule has 8 nitrogen and oxygen atoms in total. The van der Waals surface area contributed by atoms with Gasteiger partial charge < -0.3 is 24.5 Å². The Bertz CT molecular complexity index is 490. The molecule has 1 fully saturated rings. The average molecular weight is 281 g/mol. The third kappa shape index (κ3) is 3.41. The zero-order chi connectivity index (χ0) is 14.5. The van der Waals surface area contributed by atoms with Gasteiger partial charge in [0.25, 0.3) is 0 Å². The molecule has 1 atom stereocenters. The average Bonchev–Trinajstić information content (AvgIpc) is 2.47. The molecule has 0 radical (unpaired) electrons. The monoisotopic (exact) mass is 281 g/mol. The van der Waals surface area contributed by atoms with Crippen molar-refractivity contribution >= 4 is 17.5 Å². The number of nitrogens with zero attached hydrogens (tertiary/aromatic N) is 3. The van der Waals surface area contributed by atoms with E-state index in [0.29, 0.717) is 19.7 Å². The molecule has 1 aromatic rings. The SMILES string of the molecule is COC(=O)CC1CN(c2ccc([N+](=O)[O-])nc2)CCO1. The van der Waals surface area contributed by atoms with E-state index in [1.165, 1.54) is 19.4 Å². The van der Waals surface area contributed by atoms with Gasteiger partial charge in [-0.15, -0.1) is 0 Å². The zero-order valence-electron chi connectivity index (χ0n) is 11.0. The lowest BCUT2D eigenvalue weighted by atomic mass is 10.2. The van der Waals surface area contributed by atoms with E-state index < -0.39 is 4.92 Å². The molecule has 1 aliphatic rings. The van der Waals surface area contributed by atoms with Crippen LogP contribution >= 0.6 is 0 Å². The number of carbonyl (C=O) groups excluding carboxylic acids is 1. The fourth-order valence-electron chi connectivity index (χ4n) is 2.02. The van der Waals surface area contributed by atoms with Crippen LogP contribution in [0.2, 0.25) is 0 Å². The molecule has 1 saturated heterocycles. The highest BCUT2D eigenvalue weighted by Crippen LogP contribution is 2.20. The summed E-state index contributed by atoms with van der Waals surface area (Å²) in [6.45, 7) is 1.66. The van der Waals surface area contributed by atoms with Crippen molar-refractivity contribution in [3.05, 3.63) is 28.4 Å². The normalized spacial score (nSPS) is 18.6. The lowest BCUT2D eigenvalue weighted by molar-refractivity contribution is -0.389. The van der Waals surface area contributed by atoms with Gasteiger partial charge in [-0.1, -0.05) is 0 Å². The largest absolute Gasteiger partial charge is 0.469 e. The predicted molar refractivity (Wildman–Crippen MR) is 69.5 cm³/mol. The summed E-state index contributed by atoms with van der Waals surface area (Å²) in [5, 5.41) is 10.6. The minimum atomic E-state index is -0.539. The molecule has 0 amide bonds. The van der Waals surface area contributed by atoms with Crippen LogP contribution in [-0.4, -0.2) is 48.8 Å². The number of hydrogen-bond donors (Lipinski definition) is 0. The van der Waals surface area contributed by atoms with Crippen molar-refractivity contribution in [2.75, 3.05) is 31.7 Å². The molecular weight excluding hydrogens is 266 g/mol. The van der Waals surface area contributed by atoms with Gasteiger partial charge in [-0.25, -0.2) is 0 Å². The topological polar surface area (TPSA) is 94.8 Å². The molecule has 1 aromatic heterocycles. The summed E-state index contributed by atoms with van der Waals surface area (Å²) >= 11 is 0. The molecule has 0 bridgehead atoms. The van der Waals surface area contributed by atoms with Crippen LogP contribution in [0.15, 0.2) is 18.3 Å². The Kier molecular flexibility index (Phi) is 4.46. The number of rotatable bonds is 4. The number of hydrogen-bond acceptors (Lipinski definition) is 7. The second-order valence-corrected chi connectivity index (χ2v) is 4.35. The third-order valence-corrected chi connectivity index (χ3v) is 3.05. The summed E-state index contributed by atoms with van der Waals surface area (Å²) in [4.78, 5) is 27.0. The Balaban J connectivity index is 2.01. The first-order valence-corrected chi connectivity index (χ1v) is 6.14. The molecule has 108 valence electrons. The number of esters is 1. The molecule has 8 heteroatoms. The van der Waals surface area contributed by atoms with Gasteiger partial charge in [-0.05, 0) is 16.0 Å². The number of aromatic nitrogens is 1. The van der Waals surface area contributed by atoms with Crippen molar-refractivity contribution in [1.82, 2.24) is 4.98 Å². The molecule has 1 aliphatic heterocycles. The Hall–Kier alpha value is -2.22. The Morgan fingerprint density at radius 3 is 3.05 bits per heavy atom. The van der Waals surface area contributed by atoms with Crippen molar-refractivity contribution in [2.45, 2.75) is 12.5 Å². The lowest BCUT2D eigenvalue weighted by Gasteiger charge is -2.33. The van der Waals surface area contributed by atoms with Crippen LogP contribution in [0.1, 0.15) is 6.42 Å². The van der Waals surface area contributed by atoms with Gasteiger partial charge in [-0.3, -0.25) is 4.79 Å². The summed E-state index contributed by atoms with van der Waals surface area (Å²) in [5.41, 5.74) is 0.772. The summed E-state index contributed by atoms with van der Waals surface area (Å²) < 4.78 is 10.1. The first-order valence-electron chi connectivity index (χ1n) is 6.14. The first kappa shape index (κ1) is 14.2. The number of nitro groups is 1. The van der Waals surface area contributed by atoms with E-state index in [4.69, 9.17) is 4.74 Å². The second-order valence-electron chi connectivity index (χ2n) is 4.35. The number of carbonyl (C=O) groups is 1. The van der Waals surface area contributed by atoms with Gasteiger partial charge in [0.15, 0.2) is 6.20 Å². The van der Waals surface area contributed by atoms with Gasteiger partial charge in [-0.2, -0.15) is 0 Å². The molecule has 0 spiro atoms. The maximum Gasteiger partial charge on any atom is 0.363 e. The summed E-state index contributed by atoms with van der Waals surface area (Å²) in [5.74, 6) is -0.508. The molecular formula is C12H15N3O5. The molecule has 0 aliphatic carbocycles. The second kappa shape index (κ2) is 6.29. The highest BCUT2D eigenvalue weighted by Gasteiger charge is 2.24. The fourth-order valence-corrected chi connectivity index (χ4v) is 2.02. The maximum atomic E-state index is 11.2. The highest BCUT2D eigenvalue weighted by molar-refractivity contribution is 5.70. The number of ether oxygens (including phenoxy) is 2. The number of morpholine rings is 1. The molecule has 0 aromatic carbocycles. The third-order valence-electron chi connectivity index (χ3n) is 3.05. The molecule has 20 heavy (non-hydrogen) atoms. The zero-order valence-corrected chi connectivity index (χ0v) is 11.0. The quantitative estimate of drug-likeness (QED) is 0.456. The van der Waals surface area contributed by atoms with Gasteiger partial charge >= 0.3 is 11.8 Å². The van der Waals surface area contributed by atoms with E-state index in [0.717, 1.165) is 5.69 Å². The van der Waals surface area contributed by atoms with Gasteiger partial charge in [0.1, 0.15) is 0 Å². The molecule has 1 unspecified atom stereocenters. The Morgan fingerprint density at radius 2 is 2.45 bits per heavy atom. The van der Waals surface area contributed by atoms with Crippen LogP contribution in [0, 0.1) is 10.1 Å². The minimum Gasteiger partial charge on any atom is -0.469 e. The minimum absolute atomic E-state index is 0.187. The Morgan fingerprint density at radius 1 is 1.65 bits per heavy atom. The number of methoxy groups -OCH3 is 1. The predicted octanol–water partition coefficient (Wildman–Crippen LogP) is 0.758. The van der Waals surface area contributed by atoms with Crippen LogP contribution in [0.25, 0.3) is 0 Å². The van der Waals surface area contributed by atoms with Crippen LogP contribution in [0.5, 0.6) is 0 Å². The van der Waals surface area contributed by atoms with Gasteiger partial charge in [0.05, 0.1) is 31.9 Å². The van der Waals surface area contributed by atoms with E-state index >= 15 is 0 Å². The van der Waals surface area contributed by atoms with Crippen molar-refractivity contribution in [2.24, 2.45) is 0 Å². The molecule has 0 saturated carbocycles. The van der Waals surface area contributed by atoms with Crippen molar-refractivity contribution in [3.63, 3.8) is 0 Å². The van der Waals surface area contributed by atoms with E-state index in [-0.39, 0.29) is 24.3 Å².